The van der Waals surface area contributed by atoms with Crippen LogP contribution in [0.3, 0.4) is 0 Å². The van der Waals surface area contributed by atoms with Gasteiger partial charge in [-0.05, 0) is 37.9 Å². The normalized spacial score (nSPS) is 21.3. The highest BCUT2D eigenvalue weighted by molar-refractivity contribution is 5.14. The third-order valence-corrected chi connectivity index (χ3v) is 4.32. The molecule has 0 spiro atoms. The van der Waals surface area contributed by atoms with E-state index in [1.54, 1.807) is 0 Å². The van der Waals surface area contributed by atoms with Crippen LogP contribution in [0.2, 0.25) is 0 Å². The van der Waals surface area contributed by atoms with Crippen LogP contribution in [-0.2, 0) is 11.2 Å². The van der Waals surface area contributed by atoms with E-state index in [9.17, 15) is 0 Å². The summed E-state index contributed by atoms with van der Waals surface area (Å²) in [7, 11) is 0. The van der Waals surface area contributed by atoms with Crippen molar-refractivity contribution in [1.82, 2.24) is 10.2 Å². The first kappa shape index (κ1) is 16.5. The highest BCUT2D eigenvalue weighted by Gasteiger charge is 2.26. The number of hydrogen-bond donors (Lipinski definition) is 1. The average Bonchev–Trinajstić information content (AvgIpc) is 2.56. The second-order valence-corrected chi connectivity index (χ2v) is 5.89. The molecule has 2 rings (SSSR count). The first-order chi connectivity index (χ1) is 10.3. The molecule has 21 heavy (non-hydrogen) atoms. The van der Waals surface area contributed by atoms with Crippen molar-refractivity contribution in [3.8, 4) is 0 Å². The summed E-state index contributed by atoms with van der Waals surface area (Å²) in [5.74, 6) is 0. The largest absolute Gasteiger partial charge is 0.374 e. The van der Waals surface area contributed by atoms with Crippen molar-refractivity contribution in [2.45, 2.75) is 45.3 Å². The molecule has 2 atom stereocenters. The van der Waals surface area contributed by atoms with Crippen LogP contribution in [-0.4, -0.2) is 49.8 Å². The molecule has 1 aromatic carbocycles. The minimum atomic E-state index is 0.328. The number of nitrogens with zero attached hydrogens (tertiary/aromatic N) is 1. The number of ether oxygens (including phenoxy) is 1. The van der Waals surface area contributed by atoms with Gasteiger partial charge in [0.05, 0.1) is 12.7 Å². The molecule has 3 heteroatoms. The fraction of sp³-hybridized carbons (Fsp3) is 0.667. The highest BCUT2D eigenvalue weighted by Crippen LogP contribution is 2.14. The zero-order valence-electron chi connectivity index (χ0n) is 13.6. The molecule has 1 aromatic rings. The Hall–Kier alpha value is -0.900. The van der Waals surface area contributed by atoms with Crippen LogP contribution in [0.5, 0.6) is 0 Å². The average molecular weight is 290 g/mol. The molecule has 0 bridgehead atoms. The van der Waals surface area contributed by atoms with E-state index in [4.69, 9.17) is 4.74 Å². The Morgan fingerprint density at radius 1 is 1.29 bits per heavy atom. The van der Waals surface area contributed by atoms with Crippen molar-refractivity contribution in [3.05, 3.63) is 35.9 Å². The second-order valence-electron chi connectivity index (χ2n) is 5.89. The van der Waals surface area contributed by atoms with Crippen LogP contribution in [0, 0.1) is 0 Å². The third-order valence-electron chi connectivity index (χ3n) is 4.32. The first-order valence-electron chi connectivity index (χ1n) is 8.44. The van der Waals surface area contributed by atoms with Gasteiger partial charge in [-0.2, -0.15) is 0 Å². The SMILES string of the molecule is CCCNC(CCc1ccccc1)C1CN(CC)CCO1. The predicted octanol–water partition coefficient (Wildman–Crippen LogP) is 2.71. The van der Waals surface area contributed by atoms with Crippen molar-refractivity contribution in [1.29, 1.82) is 0 Å². The van der Waals surface area contributed by atoms with E-state index >= 15 is 0 Å². The molecule has 1 N–H and O–H groups in total. The Bertz CT molecular complexity index is 382. The summed E-state index contributed by atoms with van der Waals surface area (Å²) in [6.45, 7) is 9.67. The van der Waals surface area contributed by atoms with Gasteiger partial charge in [0.2, 0.25) is 0 Å². The summed E-state index contributed by atoms with van der Waals surface area (Å²) in [6, 6.07) is 11.2. The van der Waals surface area contributed by atoms with Gasteiger partial charge in [0.15, 0.2) is 0 Å². The van der Waals surface area contributed by atoms with Crippen molar-refractivity contribution >= 4 is 0 Å². The molecule has 118 valence electrons. The van der Waals surface area contributed by atoms with Gasteiger partial charge in [0.1, 0.15) is 0 Å². The molecular weight excluding hydrogens is 260 g/mol. The molecule has 2 unspecified atom stereocenters. The lowest BCUT2D eigenvalue weighted by Gasteiger charge is -2.37. The van der Waals surface area contributed by atoms with Gasteiger partial charge < -0.3 is 10.1 Å². The van der Waals surface area contributed by atoms with E-state index in [-0.39, 0.29) is 0 Å². The number of nitrogens with one attached hydrogen (secondary N) is 1. The number of rotatable bonds is 8. The van der Waals surface area contributed by atoms with Gasteiger partial charge >= 0.3 is 0 Å². The quantitative estimate of drug-likeness (QED) is 0.797. The van der Waals surface area contributed by atoms with E-state index in [1.807, 2.05) is 0 Å². The fourth-order valence-corrected chi connectivity index (χ4v) is 2.98. The second kappa shape index (κ2) is 9.19. The monoisotopic (exact) mass is 290 g/mol. The predicted molar refractivity (Wildman–Crippen MR) is 88.7 cm³/mol. The number of aryl methyl sites for hydroxylation is 1. The Kier molecular flexibility index (Phi) is 7.20. The lowest BCUT2D eigenvalue weighted by molar-refractivity contribution is -0.0460. The number of morpholine rings is 1. The lowest BCUT2D eigenvalue weighted by atomic mass is 9.99. The van der Waals surface area contributed by atoms with Crippen LogP contribution in [0.15, 0.2) is 30.3 Å². The Labute approximate surface area is 129 Å². The Morgan fingerprint density at radius 3 is 2.81 bits per heavy atom. The maximum absolute atomic E-state index is 6.05. The summed E-state index contributed by atoms with van der Waals surface area (Å²) in [5, 5.41) is 3.70. The standard InChI is InChI=1S/C18H30N2O/c1-3-12-19-17(11-10-16-8-6-5-7-9-16)18-15-20(4-2)13-14-21-18/h5-9,17-19H,3-4,10-15H2,1-2H3. The van der Waals surface area contributed by atoms with Crippen molar-refractivity contribution in [2.24, 2.45) is 0 Å². The molecular formula is C18H30N2O. The van der Waals surface area contributed by atoms with E-state index in [0.717, 1.165) is 45.6 Å². The van der Waals surface area contributed by atoms with Crippen LogP contribution >= 0.6 is 0 Å². The van der Waals surface area contributed by atoms with E-state index in [1.165, 1.54) is 12.0 Å². The zero-order chi connectivity index (χ0) is 14.9. The number of hydrogen-bond acceptors (Lipinski definition) is 3. The smallest absolute Gasteiger partial charge is 0.0855 e. The van der Waals surface area contributed by atoms with E-state index < -0.39 is 0 Å². The van der Waals surface area contributed by atoms with Crippen LogP contribution < -0.4 is 5.32 Å². The molecule has 0 aromatic heterocycles. The molecule has 1 heterocycles. The Morgan fingerprint density at radius 2 is 2.10 bits per heavy atom. The zero-order valence-corrected chi connectivity index (χ0v) is 13.6. The molecule has 1 aliphatic heterocycles. The fourth-order valence-electron chi connectivity index (χ4n) is 2.98. The number of likely N-dealkylation sites (N-methyl/N-ethyl adjacent to an activating group) is 1. The van der Waals surface area contributed by atoms with Crippen LogP contribution in [0.1, 0.15) is 32.3 Å². The van der Waals surface area contributed by atoms with Crippen molar-refractivity contribution in [2.75, 3.05) is 32.8 Å². The maximum Gasteiger partial charge on any atom is 0.0855 e. The summed E-state index contributed by atoms with van der Waals surface area (Å²) < 4.78 is 6.05. The molecule has 3 nitrogen and oxygen atoms in total. The third kappa shape index (κ3) is 5.42. The van der Waals surface area contributed by atoms with Crippen molar-refractivity contribution in [3.63, 3.8) is 0 Å². The molecule has 0 aliphatic carbocycles. The summed E-state index contributed by atoms with van der Waals surface area (Å²) >= 11 is 0. The van der Waals surface area contributed by atoms with E-state index in [2.05, 4.69) is 54.4 Å². The van der Waals surface area contributed by atoms with E-state index in [0.29, 0.717) is 12.1 Å². The van der Waals surface area contributed by atoms with Gasteiger partial charge in [-0.25, -0.2) is 0 Å². The van der Waals surface area contributed by atoms with Gasteiger partial charge in [0.25, 0.3) is 0 Å². The molecule has 1 saturated heterocycles. The van der Waals surface area contributed by atoms with Gasteiger partial charge in [-0.3, -0.25) is 4.90 Å². The minimum Gasteiger partial charge on any atom is -0.374 e. The van der Waals surface area contributed by atoms with Crippen LogP contribution in [0.25, 0.3) is 0 Å². The molecule has 1 fully saturated rings. The topological polar surface area (TPSA) is 24.5 Å². The molecule has 0 saturated carbocycles. The number of benzene rings is 1. The van der Waals surface area contributed by atoms with Crippen molar-refractivity contribution < 1.29 is 4.74 Å². The lowest BCUT2D eigenvalue weighted by Crippen LogP contribution is -2.52. The van der Waals surface area contributed by atoms with Gasteiger partial charge in [-0.15, -0.1) is 0 Å². The molecule has 0 radical (unpaired) electrons. The Balaban J connectivity index is 1.90. The highest BCUT2D eigenvalue weighted by atomic mass is 16.5. The summed E-state index contributed by atoms with van der Waals surface area (Å²) in [6.07, 6.45) is 3.76. The maximum atomic E-state index is 6.05. The summed E-state index contributed by atoms with van der Waals surface area (Å²) in [5.41, 5.74) is 1.42. The van der Waals surface area contributed by atoms with Crippen LogP contribution in [0.4, 0.5) is 0 Å². The molecule has 0 amide bonds. The summed E-state index contributed by atoms with van der Waals surface area (Å²) in [4.78, 5) is 2.50. The van der Waals surface area contributed by atoms with Gasteiger partial charge in [0, 0.05) is 19.1 Å². The molecule has 1 aliphatic rings. The minimum absolute atomic E-state index is 0.328. The van der Waals surface area contributed by atoms with Gasteiger partial charge in [-0.1, -0.05) is 44.2 Å². The first-order valence-corrected chi connectivity index (χ1v) is 8.44.